The van der Waals surface area contributed by atoms with Gasteiger partial charge in [-0.15, -0.1) is 10.2 Å². The lowest BCUT2D eigenvalue weighted by Gasteiger charge is -2.21. The molecule has 1 aromatic heterocycles. The van der Waals surface area contributed by atoms with Crippen molar-refractivity contribution in [2.75, 3.05) is 18.0 Å². The fourth-order valence-corrected chi connectivity index (χ4v) is 2.44. The molecule has 2 aromatic rings. The molecule has 128 valence electrons. The smallest absolute Gasteiger partial charge is 0.271 e. The van der Waals surface area contributed by atoms with Crippen molar-refractivity contribution < 1.29 is 4.79 Å². The number of amides is 1. The highest BCUT2D eigenvalue weighted by molar-refractivity contribution is 5.92. The predicted octanol–water partition coefficient (Wildman–Crippen LogP) is 3.42. The maximum Gasteiger partial charge on any atom is 0.271 e. The zero-order valence-corrected chi connectivity index (χ0v) is 14.5. The molecule has 0 unspecified atom stereocenters. The minimum absolute atomic E-state index is 0.156. The van der Waals surface area contributed by atoms with Crippen LogP contribution in [0, 0.1) is 0 Å². The third kappa shape index (κ3) is 5.33. The van der Waals surface area contributed by atoms with E-state index in [1.54, 1.807) is 6.07 Å². The zero-order valence-electron chi connectivity index (χ0n) is 14.5. The van der Waals surface area contributed by atoms with Gasteiger partial charge >= 0.3 is 0 Å². The molecule has 0 aliphatic carbocycles. The van der Waals surface area contributed by atoms with Gasteiger partial charge in [0.15, 0.2) is 11.5 Å². The second-order valence-corrected chi connectivity index (χ2v) is 5.74. The normalized spacial score (nSPS) is 10.4. The summed E-state index contributed by atoms with van der Waals surface area (Å²) in [6.45, 7) is 6.51. The van der Waals surface area contributed by atoms with Crippen molar-refractivity contribution in [2.45, 2.75) is 39.7 Å². The van der Waals surface area contributed by atoms with Crippen LogP contribution in [0.25, 0.3) is 0 Å². The highest BCUT2D eigenvalue weighted by Crippen LogP contribution is 2.13. The Morgan fingerprint density at radius 2 is 1.83 bits per heavy atom. The van der Waals surface area contributed by atoms with Gasteiger partial charge in [-0.2, -0.15) is 0 Å². The highest BCUT2D eigenvalue weighted by atomic mass is 16.1. The van der Waals surface area contributed by atoms with Crippen LogP contribution >= 0.6 is 0 Å². The van der Waals surface area contributed by atoms with Crippen LogP contribution in [0.2, 0.25) is 0 Å². The molecule has 1 amide bonds. The first-order valence-electron chi connectivity index (χ1n) is 8.65. The Labute approximate surface area is 144 Å². The van der Waals surface area contributed by atoms with Gasteiger partial charge in [-0.3, -0.25) is 4.79 Å². The maximum absolute atomic E-state index is 12.0. The highest BCUT2D eigenvalue weighted by Gasteiger charge is 2.11. The van der Waals surface area contributed by atoms with Crippen LogP contribution in [0.3, 0.4) is 0 Å². The van der Waals surface area contributed by atoms with Gasteiger partial charge in [0.05, 0.1) is 0 Å². The van der Waals surface area contributed by atoms with Crippen LogP contribution in [0.15, 0.2) is 42.5 Å². The number of aromatic nitrogens is 2. The third-order valence-corrected chi connectivity index (χ3v) is 3.87. The van der Waals surface area contributed by atoms with Crippen LogP contribution < -0.4 is 10.2 Å². The Morgan fingerprint density at radius 3 is 2.46 bits per heavy atom. The summed E-state index contributed by atoms with van der Waals surface area (Å²) in [5.74, 6) is 0.625. The maximum atomic E-state index is 12.0. The molecular formula is C19H26N4O. The van der Waals surface area contributed by atoms with E-state index >= 15 is 0 Å². The Balaban J connectivity index is 1.95. The molecular weight excluding hydrogens is 300 g/mol. The lowest BCUT2D eigenvalue weighted by Crippen LogP contribution is -2.27. The Morgan fingerprint density at radius 1 is 1.04 bits per heavy atom. The largest absolute Gasteiger partial charge is 0.351 e. The van der Waals surface area contributed by atoms with Gasteiger partial charge < -0.3 is 10.2 Å². The molecule has 0 aliphatic heterocycles. The number of hydrogen-bond acceptors (Lipinski definition) is 4. The summed E-state index contributed by atoms with van der Waals surface area (Å²) < 4.78 is 0. The van der Waals surface area contributed by atoms with Crippen LogP contribution in [0.4, 0.5) is 5.82 Å². The fraction of sp³-hybridized carbons (Fsp3) is 0.421. The number of rotatable bonds is 9. The van der Waals surface area contributed by atoms with Crippen molar-refractivity contribution in [3.8, 4) is 0 Å². The number of nitrogens with one attached hydrogen (secondary N) is 1. The molecule has 0 atom stereocenters. The molecule has 0 saturated heterocycles. The summed E-state index contributed by atoms with van der Waals surface area (Å²) in [6.07, 6.45) is 3.25. The molecule has 0 fully saturated rings. The number of unbranched alkanes of at least 4 members (excludes halogenated alkanes) is 2. The fourth-order valence-electron chi connectivity index (χ4n) is 2.44. The third-order valence-electron chi connectivity index (χ3n) is 3.87. The number of nitrogens with zero attached hydrogens (tertiary/aromatic N) is 3. The molecule has 1 N–H and O–H groups in total. The molecule has 5 nitrogen and oxygen atoms in total. The Bertz CT molecular complexity index is 613. The topological polar surface area (TPSA) is 58.1 Å². The van der Waals surface area contributed by atoms with Crippen molar-refractivity contribution in [2.24, 2.45) is 0 Å². The molecule has 24 heavy (non-hydrogen) atoms. The zero-order chi connectivity index (χ0) is 17.2. The van der Waals surface area contributed by atoms with Gasteiger partial charge in [0.1, 0.15) is 0 Å². The van der Waals surface area contributed by atoms with Gasteiger partial charge in [-0.25, -0.2) is 0 Å². The molecule has 0 radical (unpaired) electrons. The second-order valence-electron chi connectivity index (χ2n) is 5.74. The van der Waals surface area contributed by atoms with Gasteiger partial charge in [-0.05, 0) is 31.0 Å². The van der Waals surface area contributed by atoms with Crippen molar-refractivity contribution >= 4 is 11.7 Å². The summed E-state index contributed by atoms with van der Waals surface area (Å²) >= 11 is 0. The van der Waals surface area contributed by atoms with E-state index < -0.39 is 0 Å². The van der Waals surface area contributed by atoms with E-state index in [-0.39, 0.29) is 5.91 Å². The molecule has 0 saturated carbocycles. The van der Waals surface area contributed by atoms with Crippen LogP contribution in [0.1, 0.15) is 49.2 Å². The van der Waals surface area contributed by atoms with Crippen LogP contribution in [-0.2, 0) is 6.54 Å². The summed E-state index contributed by atoms with van der Waals surface area (Å²) in [7, 11) is 0. The van der Waals surface area contributed by atoms with E-state index in [9.17, 15) is 4.79 Å². The summed E-state index contributed by atoms with van der Waals surface area (Å²) in [5, 5.41) is 11.2. The van der Waals surface area contributed by atoms with E-state index in [4.69, 9.17) is 0 Å². The van der Waals surface area contributed by atoms with Gasteiger partial charge in [0.2, 0.25) is 0 Å². The average Bonchev–Trinajstić information content (AvgIpc) is 2.64. The Hall–Kier alpha value is -2.43. The number of hydrogen-bond donors (Lipinski definition) is 1. The number of anilines is 1. The first kappa shape index (κ1) is 17.9. The minimum atomic E-state index is -0.156. The second kappa shape index (κ2) is 9.65. The number of carbonyl (C=O) groups is 1. The van der Waals surface area contributed by atoms with Crippen molar-refractivity contribution in [1.29, 1.82) is 0 Å². The number of carbonyl (C=O) groups excluding carboxylic acids is 1. The lowest BCUT2D eigenvalue weighted by atomic mass is 10.2. The first-order valence-corrected chi connectivity index (χ1v) is 8.65. The van der Waals surface area contributed by atoms with E-state index in [1.165, 1.54) is 5.56 Å². The molecule has 0 bridgehead atoms. The van der Waals surface area contributed by atoms with Gasteiger partial charge in [-0.1, -0.05) is 50.1 Å². The lowest BCUT2D eigenvalue weighted by molar-refractivity contribution is 0.0947. The van der Waals surface area contributed by atoms with Gasteiger partial charge in [0.25, 0.3) is 5.91 Å². The minimum Gasteiger partial charge on any atom is -0.351 e. The van der Waals surface area contributed by atoms with Gasteiger partial charge in [0, 0.05) is 19.6 Å². The van der Waals surface area contributed by atoms with Crippen LogP contribution in [0.5, 0.6) is 0 Å². The molecule has 0 spiro atoms. The average molecular weight is 326 g/mol. The Kier molecular flexibility index (Phi) is 7.21. The van der Waals surface area contributed by atoms with Crippen molar-refractivity contribution in [3.05, 3.63) is 53.7 Å². The van der Waals surface area contributed by atoms with E-state index in [0.717, 1.165) is 38.2 Å². The first-order chi connectivity index (χ1) is 11.7. The van der Waals surface area contributed by atoms with E-state index in [1.807, 2.05) is 24.3 Å². The van der Waals surface area contributed by atoms with E-state index in [0.29, 0.717) is 12.2 Å². The van der Waals surface area contributed by atoms with Crippen molar-refractivity contribution in [3.63, 3.8) is 0 Å². The van der Waals surface area contributed by atoms with Crippen LogP contribution in [-0.4, -0.2) is 29.2 Å². The number of benzene rings is 1. The van der Waals surface area contributed by atoms with Crippen molar-refractivity contribution in [1.82, 2.24) is 15.5 Å². The molecule has 2 rings (SSSR count). The summed E-state index contributed by atoms with van der Waals surface area (Å²) in [6, 6.07) is 13.9. The van der Waals surface area contributed by atoms with E-state index in [2.05, 4.69) is 46.4 Å². The summed E-state index contributed by atoms with van der Waals surface area (Å²) in [4.78, 5) is 14.2. The monoisotopic (exact) mass is 326 g/mol. The molecule has 1 aromatic carbocycles. The summed E-state index contributed by atoms with van der Waals surface area (Å²) in [5.41, 5.74) is 1.59. The molecule has 0 aliphatic rings. The standard InChI is InChI=1S/C19H26N4O/c1-3-5-9-14-20-19(24)17-12-13-18(22-21-17)23(4-2)15-16-10-7-6-8-11-16/h6-8,10-13H,3-5,9,14-15H2,1-2H3,(H,20,24). The molecule has 5 heteroatoms. The quantitative estimate of drug-likeness (QED) is 0.717. The SMILES string of the molecule is CCCCCNC(=O)c1ccc(N(CC)Cc2ccccc2)nn1. The predicted molar refractivity (Wildman–Crippen MR) is 97.1 cm³/mol. The molecule has 1 heterocycles.